The minimum atomic E-state index is 0.163. The molecular weight excluding hydrogens is 248 g/mol. The number of nitrogens with zero attached hydrogens (tertiary/aromatic N) is 2. The number of hydrogen-bond acceptors (Lipinski definition) is 4. The molecule has 4 nitrogen and oxygen atoms in total. The average molecular weight is 284 g/mol. The van der Waals surface area contributed by atoms with E-state index in [9.17, 15) is 0 Å². The van der Waals surface area contributed by atoms with Crippen LogP contribution >= 0.6 is 0 Å². The van der Waals surface area contributed by atoms with Crippen molar-refractivity contribution in [1.29, 1.82) is 0 Å². The minimum absolute atomic E-state index is 0.163. The fraction of sp³-hybridized carbons (Fsp3) is 1.00. The van der Waals surface area contributed by atoms with Crippen LogP contribution in [0.5, 0.6) is 0 Å². The van der Waals surface area contributed by atoms with Gasteiger partial charge >= 0.3 is 0 Å². The highest BCUT2D eigenvalue weighted by molar-refractivity contribution is 4.93. The summed E-state index contributed by atoms with van der Waals surface area (Å²) in [6.07, 6.45) is 3.65. The van der Waals surface area contributed by atoms with Crippen LogP contribution in [0.15, 0.2) is 0 Å². The van der Waals surface area contributed by atoms with Crippen LogP contribution in [0.3, 0.4) is 0 Å². The Labute approximate surface area is 126 Å². The molecule has 120 valence electrons. The van der Waals surface area contributed by atoms with E-state index in [1.165, 1.54) is 32.4 Å². The van der Waals surface area contributed by atoms with Crippen LogP contribution in [0, 0.1) is 0 Å². The Morgan fingerprint density at radius 1 is 1.20 bits per heavy atom. The second-order valence-electron chi connectivity index (χ2n) is 6.42. The molecule has 1 saturated heterocycles. The van der Waals surface area contributed by atoms with Crippen molar-refractivity contribution in [2.75, 3.05) is 45.8 Å². The van der Waals surface area contributed by atoms with Gasteiger partial charge in [0.25, 0.3) is 0 Å². The Morgan fingerprint density at radius 2 is 1.90 bits per heavy atom. The van der Waals surface area contributed by atoms with Gasteiger partial charge in [-0.1, -0.05) is 13.8 Å². The molecule has 0 aliphatic carbocycles. The average Bonchev–Trinajstić information content (AvgIpc) is 2.67. The summed E-state index contributed by atoms with van der Waals surface area (Å²) in [4.78, 5) is 5.05. The van der Waals surface area contributed by atoms with E-state index in [1.807, 2.05) is 0 Å². The van der Waals surface area contributed by atoms with Gasteiger partial charge in [0, 0.05) is 37.8 Å². The Morgan fingerprint density at radius 3 is 2.45 bits per heavy atom. The second-order valence-corrected chi connectivity index (χ2v) is 6.42. The molecule has 0 aromatic heterocycles. The van der Waals surface area contributed by atoms with Gasteiger partial charge in [-0.2, -0.15) is 0 Å². The van der Waals surface area contributed by atoms with Crippen molar-refractivity contribution in [3.8, 4) is 0 Å². The van der Waals surface area contributed by atoms with Crippen molar-refractivity contribution in [3.63, 3.8) is 0 Å². The molecule has 4 heteroatoms. The molecule has 20 heavy (non-hydrogen) atoms. The summed E-state index contributed by atoms with van der Waals surface area (Å²) < 4.78 is 0. The van der Waals surface area contributed by atoms with E-state index in [4.69, 9.17) is 5.73 Å². The van der Waals surface area contributed by atoms with Crippen LogP contribution in [0.4, 0.5) is 0 Å². The molecule has 1 unspecified atom stereocenters. The summed E-state index contributed by atoms with van der Waals surface area (Å²) in [6, 6.07) is 0.652. The van der Waals surface area contributed by atoms with Crippen LogP contribution in [-0.2, 0) is 0 Å². The first kappa shape index (κ1) is 17.9. The van der Waals surface area contributed by atoms with Crippen molar-refractivity contribution >= 4 is 0 Å². The van der Waals surface area contributed by atoms with Crippen LogP contribution in [0.1, 0.15) is 47.0 Å². The number of rotatable bonds is 8. The van der Waals surface area contributed by atoms with Crippen molar-refractivity contribution in [2.45, 2.75) is 58.5 Å². The first-order valence-corrected chi connectivity index (χ1v) is 8.48. The van der Waals surface area contributed by atoms with E-state index in [2.05, 4.69) is 42.8 Å². The Balaban J connectivity index is 2.46. The summed E-state index contributed by atoms with van der Waals surface area (Å²) in [5.74, 6) is 0. The van der Waals surface area contributed by atoms with E-state index in [0.717, 1.165) is 32.7 Å². The number of likely N-dealkylation sites (N-methyl/N-ethyl adjacent to an activating group) is 1. The molecule has 1 fully saturated rings. The maximum Gasteiger partial charge on any atom is 0.0317 e. The minimum Gasteiger partial charge on any atom is -0.329 e. The standard InChI is InChI=1S/C16H36N4/c1-5-19(6-2)13-10-18-16(14-17)8-7-11-20(12-9-16)15(3)4/h15,18H,5-14,17H2,1-4H3. The lowest BCUT2D eigenvalue weighted by Gasteiger charge is -2.34. The van der Waals surface area contributed by atoms with Gasteiger partial charge in [0.05, 0.1) is 0 Å². The van der Waals surface area contributed by atoms with E-state index in [-0.39, 0.29) is 5.54 Å². The van der Waals surface area contributed by atoms with Crippen molar-refractivity contribution in [3.05, 3.63) is 0 Å². The van der Waals surface area contributed by atoms with Crippen molar-refractivity contribution in [1.82, 2.24) is 15.1 Å². The smallest absolute Gasteiger partial charge is 0.0317 e. The Bertz CT molecular complexity index is 253. The van der Waals surface area contributed by atoms with E-state index < -0.39 is 0 Å². The van der Waals surface area contributed by atoms with Crippen LogP contribution in [-0.4, -0.2) is 67.2 Å². The van der Waals surface area contributed by atoms with Crippen LogP contribution < -0.4 is 11.1 Å². The molecule has 1 aliphatic heterocycles. The maximum atomic E-state index is 6.12. The molecule has 1 aliphatic rings. The molecule has 0 saturated carbocycles. The largest absolute Gasteiger partial charge is 0.329 e. The normalized spacial score (nSPS) is 25.4. The molecule has 1 heterocycles. The molecule has 1 rings (SSSR count). The molecule has 0 radical (unpaired) electrons. The van der Waals surface area contributed by atoms with Crippen LogP contribution in [0.2, 0.25) is 0 Å². The van der Waals surface area contributed by atoms with Gasteiger partial charge in [-0.05, 0) is 52.7 Å². The lowest BCUT2D eigenvalue weighted by molar-refractivity contribution is 0.214. The zero-order valence-electron chi connectivity index (χ0n) is 14.1. The lowest BCUT2D eigenvalue weighted by Crippen LogP contribution is -2.53. The molecule has 0 aromatic carbocycles. The number of nitrogens with two attached hydrogens (primary N) is 1. The lowest BCUT2D eigenvalue weighted by atomic mass is 9.90. The predicted molar refractivity (Wildman–Crippen MR) is 88.1 cm³/mol. The van der Waals surface area contributed by atoms with E-state index >= 15 is 0 Å². The summed E-state index contributed by atoms with van der Waals surface area (Å²) >= 11 is 0. The highest BCUT2D eigenvalue weighted by atomic mass is 15.2. The van der Waals surface area contributed by atoms with Gasteiger partial charge in [-0.15, -0.1) is 0 Å². The summed E-state index contributed by atoms with van der Waals surface area (Å²) in [5.41, 5.74) is 6.28. The summed E-state index contributed by atoms with van der Waals surface area (Å²) in [7, 11) is 0. The maximum absolute atomic E-state index is 6.12. The third-order valence-corrected chi connectivity index (χ3v) is 4.92. The van der Waals surface area contributed by atoms with E-state index in [0.29, 0.717) is 6.04 Å². The van der Waals surface area contributed by atoms with Gasteiger partial charge in [0.2, 0.25) is 0 Å². The van der Waals surface area contributed by atoms with Gasteiger partial charge in [-0.25, -0.2) is 0 Å². The zero-order valence-corrected chi connectivity index (χ0v) is 14.1. The summed E-state index contributed by atoms with van der Waals surface area (Å²) in [6.45, 7) is 16.7. The molecule has 0 bridgehead atoms. The first-order chi connectivity index (χ1) is 9.56. The van der Waals surface area contributed by atoms with Gasteiger partial charge in [0.1, 0.15) is 0 Å². The zero-order chi connectivity index (χ0) is 15.0. The highest BCUT2D eigenvalue weighted by Crippen LogP contribution is 2.22. The highest BCUT2D eigenvalue weighted by Gasteiger charge is 2.31. The number of likely N-dealkylation sites (tertiary alicyclic amines) is 1. The predicted octanol–water partition coefficient (Wildman–Crippen LogP) is 1.51. The van der Waals surface area contributed by atoms with Crippen LogP contribution in [0.25, 0.3) is 0 Å². The third kappa shape index (κ3) is 5.32. The fourth-order valence-electron chi connectivity index (χ4n) is 3.20. The second kappa shape index (κ2) is 8.98. The topological polar surface area (TPSA) is 44.5 Å². The molecule has 1 atom stereocenters. The SMILES string of the molecule is CCN(CC)CCNC1(CN)CCCN(C(C)C)CC1. The molecular formula is C16H36N4. The van der Waals surface area contributed by atoms with Gasteiger partial charge < -0.3 is 20.9 Å². The fourth-order valence-corrected chi connectivity index (χ4v) is 3.20. The van der Waals surface area contributed by atoms with Crippen molar-refractivity contribution < 1.29 is 0 Å². The monoisotopic (exact) mass is 284 g/mol. The number of hydrogen-bond donors (Lipinski definition) is 2. The molecule has 0 spiro atoms. The molecule has 0 amide bonds. The van der Waals surface area contributed by atoms with Gasteiger partial charge in [0.15, 0.2) is 0 Å². The molecule has 0 aromatic rings. The third-order valence-electron chi connectivity index (χ3n) is 4.92. The van der Waals surface area contributed by atoms with E-state index in [1.54, 1.807) is 0 Å². The number of nitrogens with one attached hydrogen (secondary N) is 1. The molecule has 3 N–H and O–H groups in total. The Kier molecular flexibility index (Phi) is 8.03. The van der Waals surface area contributed by atoms with Gasteiger partial charge in [-0.3, -0.25) is 0 Å². The quantitative estimate of drug-likeness (QED) is 0.709. The summed E-state index contributed by atoms with van der Waals surface area (Å²) in [5, 5.41) is 3.79. The van der Waals surface area contributed by atoms with Crippen molar-refractivity contribution in [2.24, 2.45) is 5.73 Å². The first-order valence-electron chi connectivity index (χ1n) is 8.48. The Hall–Kier alpha value is -0.160.